The summed E-state index contributed by atoms with van der Waals surface area (Å²) in [6.45, 7) is 0. The Labute approximate surface area is 101 Å². The molecule has 1 fully saturated rings. The van der Waals surface area contributed by atoms with Crippen molar-refractivity contribution in [1.82, 2.24) is 0 Å². The Morgan fingerprint density at radius 1 is 1.29 bits per heavy atom. The molecule has 0 radical (unpaired) electrons. The van der Waals surface area contributed by atoms with Crippen molar-refractivity contribution in [3.8, 4) is 0 Å². The Morgan fingerprint density at radius 3 is 2.65 bits per heavy atom. The third-order valence-electron chi connectivity index (χ3n) is 3.40. The first-order valence-corrected chi connectivity index (χ1v) is 5.87. The van der Waals surface area contributed by atoms with E-state index in [-0.39, 0.29) is 23.6 Å². The summed E-state index contributed by atoms with van der Waals surface area (Å²) < 4.78 is 4.80. The van der Waals surface area contributed by atoms with Gasteiger partial charge in [0.15, 0.2) is 0 Å². The molecule has 0 heterocycles. The van der Waals surface area contributed by atoms with Crippen molar-refractivity contribution in [1.29, 1.82) is 0 Å². The standard InChI is InChI=1S/C14H16O3/c1-17-14(16)13-9-11(15)7-8-12(13)10-5-3-2-4-6-10/h2-6,12-13H,7-9H2,1H3/t12-,13-/m0/s1. The van der Waals surface area contributed by atoms with Gasteiger partial charge in [-0.25, -0.2) is 0 Å². The first kappa shape index (κ1) is 11.8. The summed E-state index contributed by atoms with van der Waals surface area (Å²) in [7, 11) is 1.38. The molecule has 1 aromatic rings. The number of rotatable bonds is 2. The number of hydrogen-bond acceptors (Lipinski definition) is 3. The molecule has 0 aromatic heterocycles. The Morgan fingerprint density at radius 2 is 2.00 bits per heavy atom. The van der Waals surface area contributed by atoms with Gasteiger partial charge in [0.25, 0.3) is 0 Å². The molecule has 90 valence electrons. The molecular formula is C14H16O3. The van der Waals surface area contributed by atoms with Gasteiger partial charge in [0.1, 0.15) is 5.78 Å². The molecule has 0 bridgehead atoms. The zero-order valence-electron chi connectivity index (χ0n) is 9.89. The maximum atomic E-state index is 11.7. The molecule has 1 aliphatic rings. The van der Waals surface area contributed by atoms with Gasteiger partial charge in [0, 0.05) is 12.8 Å². The number of carbonyl (C=O) groups excluding carboxylic acids is 2. The van der Waals surface area contributed by atoms with E-state index >= 15 is 0 Å². The molecule has 0 N–H and O–H groups in total. The van der Waals surface area contributed by atoms with Crippen LogP contribution in [-0.2, 0) is 14.3 Å². The second kappa shape index (κ2) is 5.13. The van der Waals surface area contributed by atoms with E-state index in [1.165, 1.54) is 7.11 Å². The van der Waals surface area contributed by atoms with E-state index in [0.29, 0.717) is 12.8 Å². The number of methoxy groups -OCH3 is 1. The van der Waals surface area contributed by atoms with E-state index in [4.69, 9.17) is 4.74 Å². The summed E-state index contributed by atoms with van der Waals surface area (Å²) in [5, 5.41) is 0. The molecule has 0 unspecified atom stereocenters. The average Bonchev–Trinajstić information content (AvgIpc) is 2.38. The molecule has 17 heavy (non-hydrogen) atoms. The normalized spacial score (nSPS) is 24.4. The predicted octanol–water partition coefficient (Wildman–Crippen LogP) is 2.31. The molecule has 0 aliphatic heterocycles. The van der Waals surface area contributed by atoms with Gasteiger partial charge in [0.05, 0.1) is 13.0 Å². The van der Waals surface area contributed by atoms with Gasteiger partial charge in [-0.15, -0.1) is 0 Å². The van der Waals surface area contributed by atoms with Gasteiger partial charge >= 0.3 is 5.97 Å². The van der Waals surface area contributed by atoms with Crippen molar-refractivity contribution in [2.45, 2.75) is 25.2 Å². The van der Waals surface area contributed by atoms with Gasteiger partial charge in [-0.3, -0.25) is 9.59 Å². The number of hydrogen-bond donors (Lipinski definition) is 0. The van der Waals surface area contributed by atoms with Crippen LogP contribution in [0.3, 0.4) is 0 Å². The molecule has 1 aliphatic carbocycles. The highest BCUT2D eigenvalue weighted by Gasteiger charge is 2.35. The highest BCUT2D eigenvalue weighted by molar-refractivity contribution is 5.86. The third kappa shape index (κ3) is 2.54. The molecule has 0 amide bonds. The number of ether oxygens (including phenoxy) is 1. The van der Waals surface area contributed by atoms with E-state index in [0.717, 1.165) is 12.0 Å². The van der Waals surface area contributed by atoms with Crippen LogP contribution in [0.15, 0.2) is 30.3 Å². The number of benzene rings is 1. The van der Waals surface area contributed by atoms with Crippen molar-refractivity contribution in [3.05, 3.63) is 35.9 Å². The van der Waals surface area contributed by atoms with Crippen molar-refractivity contribution in [2.75, 3.05) is 7.11 Å². The lowest BCUT2D eigenvalue weighted by Crippen LogP contribution is -2.30. The average molecular weight is 232 g/mol. The lowest BCUT2D eigenvalue weighted by atomic mass is 9.75. The zero-order chi connectivity index (χ0) is 12.3. The monoisotopic (exact) mass is 232 g/mol. The number of Topliss-reactive ketones (excluding diaryl/α,β-unsaturated/α-hetero) is 1. The van der Waals surface area contributed by atoms with Gasteiger partial charge in [-0.2, -0.15) is 0 Å². The van der Waals surface area contributed by atoms with Crippen molar-refractivity contribution < 1.29 is 14.3 Å². The molecule has 0 spiro atoms. The summed E-state index contributed by atoms with van der Waals surface area (Å²) in [4.78, 5) is 23.2. The Kier molecular flexibility index (Phi) is 3.57. The van der Waals surface area contributed by atoms with Gasteiger partial charge in [-0.1, -0.05) is 30.3 Å². The van der Waals surface area contributed by atoms with Crippen LogP contribution in [0.4, 0.5) is 0 Å². The minimum absolute atomic E-state index is 0.112. The van der Waals surface area contributed by atoms with Gasteiger partial charge in [-0.05, 0) is 17.9 Å². The first-order chi connectivity index (χ1) is 8.22. The lowest BCUT2D eigenvalue weighted by Gasteiger charge is -2.29. The largest absolute Gasteiger partial charge is 0.469 e. The van der Waals surface area contributed by atoms with Crippen LogP contribution < -0.4 is 0 Å². The second-order valence-electron chi connectivity index (χ2n) is 4.43. The Bertz CT molecular complexity index is 411. The summed E-state index contributed by atoms with van der Waals surface area (Å²) in [6, 6.07) is 9.89. The fourth-order valence-electron chi connectivity index (χ4n) is 2.51. The van der Waals surface area contributed by atoms with Crippen LogP contribution in [0, 0.1) is 5.92 Å². The van der Waals surface area contributed by atoms with E-state index in [1.54, 1.807) is 0 Å². The molecule has 2 atom stereocenters. The minimum Gasteiger partial charge on any atom is -0.469 e. The van der Waals surface area contributed by atoms with Crippen molar-refractivity contribution >= 4 is 11.8 Å². The van der Waals surface area contributed by atoms with E-state index < -0.39 is 0 Å². The summed E-state index contributed by atoms with van der Waals surface area (Å²) in [5.74, 6) is -0.315. The molecule has 1 saturated carbocycles. The second-order valence-corrected chi connectivity index (χ2v) is 4.43. The molecule has 2 rings (SSSR count). The Balaban J connectivity index is 2.24. The van der Waals surface area contributed by atoms with E-state index in [1.807, 2.05) is 30.3 Å². The van der Waals surface area contributed by atoms with Crippen molar-refractivity contribution in [3.63, 3.8) is 0 Å². The van der Waals surface area contributed by atoms with Crippen LogP contribution in [0.5, 0.6) is 0 Å². The molecular weight excluding hydrogens is 216 g/mol. The van der Waals surface area contributed by atoms with Crippen LogP contribution in [0.1, 0.15) is 30.7 Å². The topological polar surface area (TPSA) is 43.4 Å². The SMILES string of the molecule is COC(=O)[C@H]1CC(=O)CC[C@H]1c1ccccc1. The highest BCUT2D eigenvalue weighted by Crippen LogP contribution is 2.36. The molecule has 0 saturated heterocycles. The van der Waals surface area contributed by atoms with E-state index in [9.17, 15) is 9.59 Å². The summed E-state index contributed by atoms with van der Waals surface area (Å²) in [6.07, 6.45) is 1.61. The fraction of sp³-hybridized carbons (Fsp3) is 0.429. The number of carbonyl (C=O) groups is 2. The number of esters is 1. The molecule has 1 aromatic carbocycles. The first-order valence-electron chi connectivity index (χ1n) is 5.87. The molecule has 3 heteroatoms. The van der Waals surface area contributed by atoms with Crippen LogP contribution in [0.2, 0.25) is 0 Å². The van der Waals surface area contributed by atoms with Crippen LogP contribution in [0.25, 0.3) is 0 Å². The van der Waals surface area contributed by atoms with Gasteiger partial charge < -0.3 is 4.74 Å². The fourth-order valence-corrected chi connectivity index (χ4v) is 2.51. The minimum atomic E-state index is -0.316. The van der Waals surface area contributed by atoms with Crippen LogP contribution in [-0.4, -0.2) is 18.9 Å². The molecule has 3 nitrogen and oxygen atoms in total. The maximum absolute atomic E-state index is 11.7. The summed E-state index contributed by atoms with van der Waals surface area (Å²) >= 11 is 0. The smallest absolute Gasteiger partial charge is 0.309 e. The number of ketones is 1. The van der Waals surface area contributed by atoms with Crippen LogP contribution >= 0.6 is 0 Å². The third-order valence-corrected chi connectivity index (χ3v) is 3.40. The quantitative estimate of drug-likeness (QED) is 0.735. The highest BCUT2D eigenvalue weighted by atomic mass is 16.5. The zero-order valence-corrected chi connectivity index (χ0v) is 9.89. The van der Waals surface area contributed by atoms with E-state index in [2.05, 4.69) is 0 Å². The summed E-state index contributed by atoms with van der Waals surface area (Å²) in [5.41, 5.74) is 1.12. The van der Waals surface area contributed by atoms with Gasteiger partial charge in [0.2, 0.25) is 0 Å². The Hall–Kier alpha value is -1.64. The van der Waals surface area contributed by atoms with Crippen molar-refractivity contribution in [2.24, 2.45) is 5.92 Å². The predicted molar refractivity (Wildman–Crippen MR) is 63.5 cm³/mol. The maximum Gasteiger partial charge on any atom is 0.309 e. The lowest BCUT2D eigenvalue weighted by molar-refractivity contribution is -0.149.